The standard InChI is InChI=1S/C23H22F2N2O2/c1-2-3-7-12-26-23(29)21(15-18-13-19(24)16-20(25)14-18)27-22(28)11-10-17-8-5-4-6-9-17/h1,4-6,8-11,13-14,16,21H,3,7,12,15H2,(H,26,29)(H,27,28)/b11-10+. The van der Waals surface area contributed by atoms with Gasteiger partial charge in [-0.15, -0.1) is 12.3 Å². The second-order valence-corrected chi connectivity index (χ2v) is 6.39. The Morgan fingerprint density at radius 3 is 2.45 bits per heavy atom. The van der Waals surface area contributed by atoms with Crippen molar-refractivity contribution in [1.82, 2.24) is 10.6 Å². The highest BCUT2D eigenvalue weighted by Gasteiger charge is 2.21. The Labute approximate surface area is 169 Å². The number of unbranched alkanes of at least 4 members (excludes halogenated alkanes) is 1. The molecule has 150 valence electrons. The Balaban J connectivity index is 2.08. The molecule has 1 atom stereocenters. The number of hydrogen-bond acceptors (Lipinski definition) is 2. The minimum absolute atomic E-state index is 0.0550. The summed E-state index contributed by atoms with van der Waals surface area (Å²) >= 11 is 0. The van der Waals surface area contributed by atoms with Crippen LogP contribution in [0.15, 0.2) is 54.6 Å². The predicted octanol–water partition coefficient (Wildman–Crippen LogP) is 3.24. The molecular weight excluding hydrogens is 374 g/mol. The molecule has 0 radical (unpaired) electrons. The third kappa shape index (κ3) is 7.97. The molecule has 0 bridgehead atoms. The molecule has 29 heavy (non-hydrogen) atoms. The fourth-order valence-corrected chi connectivity index (χ4v) is 2.65. The van der Waals surface area contributed by atoms with E-state index in [2.05, 4.69) is 16.6 Å². The molecule has 2 rings (SSSR count). The van der Waals surface area contributed by atoms with E-state index in [9.17, 15) is 18.4 Å². The lowest BCUT2D eigenvalue weighted by molar-refractivity contribution is -0.127. The van der Waals surface area contributed by atoms with E-state index in [1.165, 1.54) is 6.08 Å². The molecule has 4 nitrogen and oxygen atoms in total. The first-order chi connectivity index (χ1) is 14.0. The summed E-state index contributed by atoms with van der Waals surface area (Å²) in [5, 5.41) is 5.28. The zero-order chi connectivity index (χ0) is 21.1. The molecule has 2 amide bonds. The van der Waals surface area contributed by atoms with E-state index in [1.807, 2.05) is 30.3 Å². The van der Waals surface area contributed by atoms with Crippen LogP contribution >= 0.6 is 0 Å². The lowest BCUT2D eigenvalue weighted by atomic mass is 10.0. The van der Waals surface area contributed by atoms with Crippen LogP contribution in [0.4, 0.5) is 8.78 Å². The summed E-state index contributed by atoms with van der Waals surface area (Å²) < 4.78 is 27.0. The van der Waals surface area contributed by atoms with Crippen LogP contribution in [0, 0.1) is 24.0 Å². The summed E-state index contributed by atoms with van der Waals surface area (Å²) in [6.45, 7) is 0.340. The van der Waals surface area contributed by atoms with Crippen molar-refractivity contribution in [2.45, 2.75) is 25.3 Å². The van der Waals surface area contributed by atoms with Crippen molar-refractivity contribution in [3.05, 3.63) is 77.4 Å². The number of rotatable bonds is 9. The van der Waals surface area contributed by atoms with Gasteiger partial charge < -0.3 is 10.6 Å². The van der Waals surface area contributed by atoms with E-state index < -0.39 is 29.5 Å². The zero-order valence-corrected chi connectivity index (χ0v) is 15.8. The first-order valence-electron chi connectivity index (χ1n) is 9.17. The van der Waals surface area contributed by atoms with Crippen molar-refractivity contribution in [3.63, 3.8) is 0 Å². The van der Waals surface area contributed by atoms with Crippen LogP contribution < -0.4 is 10.6 Å². The maximum atomic E-state index is 13.5. The van der Waals surface area contributed by atoms with Crippen molar-refractivity contribution in [3.8, 4) is 12.3 Å². The maximum absolute atomic E-state index is 13.5. The zero-order valence-electron chi connectivity index (χ0n) is 15.8. The van der Waals surface area contributed by atoms with Gasteiger partial charge in [-0.3, -0.25) is 9.59 Å². The van der Waals surface area contributed by atoms with Gasteiger partial charge in [0.1, 0.15) is 17.7 Å². The van der Waals surface area contributed by atoms with Crippen molar-refractivity contribution in [2.24, 2.45) is 0 Å². The van der Waals surface area contributed by atoms with Gasteiger partial charge in [-0.05, 0) is 35.8 Å². The summed E-state index contributed by atoms with van der Waals surface area (Å²) in [4.78, 5) is 24.8. The largest absolute Gasteiger partial charge is 0.354 e. The van der Waals surface area contributed by atoms with Gasteiger partial charge in [-0.1, -0.05) is 30.3 Å². The molecule has 0 aliphatic heterocycles. The number of halogens is 2. The van der Waals surface area contributed by atoms with Gasteiger partial charge in [-0.2, -0.15) is 0 Å². The van der Waals surface area contributed by atoms with Crippen LogP contribution in [-0.4, -0.2) is 24.4 Å². The number of carbonyl (C=O) groups is 2. The maximum Gasteiger partial charge on any atom is 0.244 e. The van der Waals surface area contributed by atoms with E-state index in [-0.39, 0.29) is 12.0 Å². The number of terminal acetylenes is 1. The van der Waals surface area contributed by atoms with Crippen LogP contribution in [0.3, 0.4) is 0 Å². The fourth-order valence-electron chi connectivity index (χ4n) is 2.65. The number of hydrogen-bond donors (Lipinski definition) is 2. The summed E-state index contributed by atoms with van der Waals surface area (Å²) in [5.74, 6) is 0.0384. The van der Waals surface area contributed by atoms with Crippen LogP contribution in [0.25, 0.3) is 6.08 Å². The minimum atomic E-state index is -0.991. The van der Waals surface area contributed by atoms with Gasteiger partial charge >= 0.3 is 0 Å². The molecule has 0 heterocycles. The molecule has 0 saturated carbocycles. The van der Waals surface area contributed by atoms with Gasteiger partial charge in [0.15, 0.2) is 0 Å². The molecular formula is C23H22F2N2O2. The molecule has 2 N–H and O–H groups in total. The van der Waals surface area contributed by atoms with Crippen molar-refractivity contribution in [1.29, 1.82) is 0 Å². The van der Waals surface area contributed by atoms with E-state index >= 15 is 0 Å². The smallest absolute Gasteiger partial charge is 0.244 e. The fraction of sp³-hybridized carbons (Fsp3) is 0.217. The van der Waals surface area contributed by atoms with E-state index in [0.29, 0.717) is 19.4 Å². The monoisotopic (exact) mass is 396 g/mol. The molecule has 0 aliphatic rings. The molecule has 0 saturated heterocycles. The second kappa shape index (κ2) is 11.4. The molecule has 6 heteroatoms. The Kier molecular flexibility index (Phi) is 8.58. The Hall–Kier alpha value is -3.46. The SMILES string of the molecule is C#CCCCNC(=O)C(Cc1cc(F)cc(F)c1)NC(=O)/C=C/c1ccccc1. The van der Waals surface area contributed by atoms with Crippen LogP contribution in [0.5, 0.6) is 0 Å². The second-order valence-electron chi connectivity index (χ2n) is 6.39. The van der Waals surface area contributed by atoms with E-state index in [1.54, 1.807) is 6.08 Å². The molecule has 0 spiro atoms. The molecule has 2 aromatic carbocycles. The molecule has 0 fully saturated rings. The summed E-state index contributed by atoms with van der Waals surface area (Å²) in [6, 6.07) is 11.2. The molecule has 1 unspecified atom stereocenters. The first kappa shape index (κ1) is 21.8. The molecule has 2 aromatic rings. The van der Waals surface area contributed by atoms with Gasteiger partial charge in [0.2, 0.25) is 11.8 Å². The lowest BCUT2D eigenvalue weighted by Crippen LogP contribution is -2.47. The average molecular weight is 396 g/mol. The molecule has 0 aliphatic carbocycles. The third-order valence-corrected chi connectivity index (χ3v) is 4.02. The number of carbonyl (C=O) groups excluding carboxylic acids is 2. The average Bonchev–Trinajstić information content (AvgIpc) is 2.69. The van der Waals surface area contributed by atoms with Crippen LogP contribution in [0.1, 0.15) is 24.0 Å². The minimum Gasteiger partial charge on any atom is -0.354 e. The highest BCUT2D eigenvalue weighted by atomic mass is 19.1. The number of amides is 2. The van der Waals surface area contributed by atoms with Gasteiger partial charge in [0.25, 0.3) is 0 Å². The van der Waals surface area contributed by atoms with E-state index in [0.717, 1.165) is 23.8 Å². The summed E-state index contributed by atoms with van der Waals surface area (Å²) in [6.07, 6.45) is 9.14. The van der Waals surface area contributed by atoms with Crippen molar-refractivity contribution in [2.75, 3.05) is 6.54 Å². The van der Waals surface area contributed by atoms with Gasteiger partial charge in [0, 0.05) is 31.5 Å². The van der Waals surface area contributed by atoms with Crippen molar-refractivity contribution >= 4 is 17.9 Å². The highest BCUT2D eigenvalue weighted by molar-refractivity contribution is 5.95. The Bertz CT molecular complexity index is 885. The summed E-state index contributed by atoms with van der Waals surface area (Å²) in [5.41, 5.74) is 1.09. The van der Waals surface area contributed by atoms with Crippen molar-refractivity contribution < 1.29 is 18.4 Å². The number of benzene rings is 2. The Morgan fingerprint density at radius 2 is 1.79 bits per heavy atom. The molecule has 0 aromatic heterocycles. The van der Waals surface area contributed by atoms with E-state index in [4.69, 9.17) is 6.42 Å². The third-order valence-electron chi connectivity index (χ3n) is 4.02. The van der Waals surface area contributed by atoms with Gasteiger partial charge in [-0.25, -0.2) is 8.78 Å². The highest BCUT2D eigenvalue weighted by Crippen LogP contribution is 2.11. The van der Waals surface area contributed by atoms with Crippen LogP contribution in [-0.2, 0) is 16.0 Å². The Morgan fingerprint density at radius 1 is 1.10 bits per heavy atom. The number of nitrogens with one attached hydrogen (secondary N) is 2. The lowest BCUT2D eigenvalue weighted by Gasteiger charge is -2.18. The predicted molar refractivity (Wildman–Crippen MR) is 109 cm³/mol. The quantitative estimate of drug-likeness (QED) is 0.388. The normalized spacial score (nSPS) is 11.6. The van der Waals surface area contributed by atoms with Gasteiger partial charge in [0.05, 0.1) is 0 Å². The first-order valence-corrected chi connectivity index (χ1v) is 9.17. The summed E-state index contributed by atoms with van der Waals surface area (Å²) in [7, 11) is 0. The topological polar surface area (TPSA) is 58.2 Å². The van der Waals surface area contributed by atoms with Crippen LogP contribution in [0.2, 0.25) is 0 Å².